The van der Waals surface area contributed by atoms with Crippen LogP contribution in [0.25, 0.3) is 0 Å². The molecule has 3 unspecified atom stereocenters. The van der Waals surface area contributed by atoms with E-state index in [2.05, 4.69) is 39.9 Å². The van der Waals surface area contributed by atoms with E-state index in [1.165, 1.54) is 31.2 Å². The molecule has 0 radical (unpaired) electrons. The van der Waals surface area contributed by atoms with Crippen molar-refractivity contribution in [1.29, 1.82) is 0 Å². The normalized spacial score (nSPS) is 32.8. The Hall–Kier alpha value is -0.915. The van der Waals surface area contributed by atoms with Crippen molar-refractivity contribution in [2.24, 2.45) is 5.92 Å². The summed E-state index contributed by atoms with van der Waals surface area (Å²) in [6, 6.07) is 8.66. The first-order valence-corrected chi connectivity index (χ1v) is 7.18. The third-order valence-electron chi connectivity index (χ3n) is 4.52. The highest BCUT2D eigenvalue weighted by Crippen LogP contribution is 2.44. The molecule has 1 aromatic rings. The van der Waals surface area contributed by atoms with Crippen LogP contribution in [0.1, 0.15) is 45.1 Å². The van der Waals surface area contributed by atoms with Crippen molar-refractivity contribution in [3.05, 3.63) is 29.8 Å². The zero-order valence-corrected chi connectivity index (χ0v) is 12.2. The maximum Gasteiger partial charge on any atom is 0.119 e. The van der Waals surface area contributed by atoms with Gasteiger partial charge in [-0.2, -0.15) is 0 Å². The minimum absolute atomic E-state index is 0.309. The van der Waals surface area contributed by atoms with Crippen LogP contribution < -0.4 is 4.74 Å². The average molecular weight is 244 g/mol. The summed E-state index contributed by atoms with van der Waals surface area (Å²) in [5.41, 5.74) is 1.76. The lowest BCUT2D eigenvalue weighted by Crippen LogP contribution is -2.24. The molecule has 98 valence electrons. The first-order chi connectivity index (χ1) is 8.53. The third kappa shape index (κ3) is 2.91. The first kappa shape index (κ1) is 13.5. The van der Waals surface area contributed by atoms with E-state index in [9.17, 15) is 0 Å². The zero-order chi connectivity index (χ0) is 13.2. The number of rotatable bonds is 2. The second-order valence-electron chi connectivity index (χ2n) is 6.49. The number of ether oxygens (including phenoxy) is 1. The summed E-state index contributed by atoms with van der Waals surface area (Å²) < 4.78 is 5.38. The van der Waals surface area contributed by atoms with Gasteiger partial charge >= 0.3 is 0 Å². The van der Waals surface area contributed by atoms with Gasteiger partial charge in [0.15, 0.2) is 0 Å². The number of hydrogen-bond acceptors (Lipinski definition) is 1. The fourth-order valence-electron chi connectivity index (χ4n) is 3.63. The summed E-state index contributed by atoms with van der Waals surface area (Å²) in [5.74, 6) is 2.63. The van der Waals surface area contributed by atoms with E-state index in [-0.39, 0.29) is 0 Å². The molecule has 0 amide bonds. The van der Waals surface area contributed by atoms with E-state index in [0.29, 0.717) is 5.41 Å². The second kappa shape index (κ2) is 5.38. The quantitative estimate of drug-likeness (QED) is 0.570. The number of methoxy groups -OCH3 is 1. The molecule has 3 atom stereocenters. The molecule has 1 aliphatic rings. The van der Waals surface area contributed by atoms with Crippen LogP contribution in [0.4, 0.5) is 0 Å². The average Bonchev–Trinajstić information content (AvgIpc) is 2.49. The molecule has 0 aromatic heterocycles. The summed E-state index contributed by atoms with van der Waals surface area (Å²) in [6.45, 7) is 4.83. The lowest BCUT2D eigenvalue weighted by atomic mass is 9.68. The van der Waals surface area contributed by atoms with Gasteiger partial charge in [0, 0.05) is 0 Å². The van der Waals surface area contributed by atoms with Crippen LogP contribution >= 0.6 is 0 Å². The topological polar surface area (TPSA) is 9.23 Å². The molecular formula is C16H25BO. The molecule has 0 bridgehead atoms. The van der Waals surface area contributed by atoms with Crippen LogP contribution in [-0.4, -0.2) is 15.0 Å². The standard InChI is InChI=1S/C16H25BO/c1-12-7-8-14(17)11-16(2,10-12)13-5-4-6-15(9-13)18-3/h4-6,9,12,14H,7-8,10-11,17H2,1-3H3. The Morgan fingerprint density at radius 1 is 1.28 bits per heavy atom. The van der Waals surface area contributed by atoms with Gasteiger partial charge in [-0.25, -0.2) is 0 Å². The van der Waals surface area contributed by atoms with Crippen molar-refractivity contribution in [3.63, 3.8) is 0 Å². The summed E-state index contributed by atoms with van der Waals surface area (Å²) in [5, 5.41) is 0. The third-order valence-corrected chi connectivity index (χ3v) is 4.52. The fraction of sp³-hybridized carbons (Fsp3) is 0.625. The number of benzene rings is 1. The SMILES string of the molecule is BC1CCC(C)CC(C)(c2cccc(OC)c2)C1. The molecule has 1 saturated carbocycles. The Morgan fingerprint density at radius 3 is 2.78 bits per heavy atom. The Balaban J connectivity index is 2.31. The molecule has 18 heavy (non-hydrogen) atoms. The molecule has 0 saturated heterocycles. The van der Waals surface area contributed by atoms with Gasteiger partial charge in [0.2, 0.25) is 0 Å². The van der Waals surface area contributed by atoms with E-state index in [1.54, 1.807) is 7.11 Å². The van der Waals surface area contributed by atoms with Crippen LogP contribution in [0.5, 0.6) is 5.75 Å². The van der Waals surface area contributed by atoms with Crippen LogP contribution in [0.3, 0.4) is 0 Å². The monoisotopic (exact) mass is 244 g/mol. The lowest BCUT2D eigenvalue weighted by molar-refractivity contribution is 0.353. The molecule has 0 N–H and O–H groups in total. The highest BCUT2D eigenvalue weighted by atomic mass is 16.5. The zero-order valence-electron chi connectivity index (χ0n) is 12.2. The minimum atomic E-state index is 0.309. The Labute approximate surface area is 112 Å². The summed E-state index contributed by atoms with van der Waals surface area (Å²) >= 11 is 0. The van der Waals surface area contributed by atoms with Gasteiger partial charge in [-0.3, -0.25) is 0 Å². The smallest absolute Gasteiger partial charge is 0.119 e. The van der Waals surface area contributed by atoms with Gasteiger partial charge in [-0.15, -0.1) is 0 Å². The van der Waals surface area contributed by atoms with Crippen molar-refractivity contribution >= 4 is 7.85 Å². The van der Waals surface area contributed by atoms with Gasteiger partial charge in [0.05, 0.1) is 7.11 Å². The van der Waals surface area contributed by atoms with Crippen LogP contribution in [0.2, 0.25) is 5.82 Å². The second-order valence-corrected chi connectivity index (χ2v) is 6.49. The highest BCUT2D eigenvalue weighted by Gasteiger charge is 2.33. The molecule has 1 aromatic carbocycles. The van der Waals surface area contributed by atoms with Gasteiger partial charge in [0.1, 0.15) is 13.6 Å². The molecule has 0 heterocycles. The Bertz CT molecular complexity index is 390. The van der Waals surface area contributed by atoms with Crippen molar-refractivity contribution in [1.82, 2.24) is 0 Å². The van der Waals surface area contributed by atoms with E-state index in [0.717, 1.165) is 17.5 Å². The van der Waals surface area contributed by atoms with E-state index >= 15 is 0 Å². The van der Waals surface area contributed by atoms with Gasteiger partial charge in [0.25, 0.3) is 0 Å². The molecule has 1 nitrogen and oxygen atoms in total. The molecule has 0 spiro atoms. The molecule has 2 rings (SSSR count). The summed E-state index contributed by atoms with van der Waals surface area (Å²) in [7, 11) is 4.15. The fourth-order valence-corrected chi connectivity index (χ4v) is 3.63. The molecule has 1 aliphatic carbocycles. The van der Waals surface area contributed by atoms with Crippen molar-refractivity contribution in [2.75, 3.05) is 7.11 Å². The largest absolute Gasteiger partial charge is 0.497 e. The minimum Gasteiger partial charge on any atom is -0.497 e. The van der Waals surface area contributed by atoms with Crippen LogP contribution in [0.15, 0.2) is 24.3 Å². The predicted molar refractivity (Wildman–Crippen MR) is 80.3 cm³/mol. The van der Waals surface area contributed by atoms with Crippen molar-refractivity contribution < 1.29 is 4.74 Å². The van der Waals surface area contributed by atoms with Crippen LogP contribution in [-0.2, 0) is 5.41 Å². The Morgan fingerprint density at radius 2 is 2.06 bits per heavy atom. The Kier molecular flexibility index (Phi) is 4.04. The van der Waals surface area contributed by atoms with E-state index in [1.807, 2.05) is 6.07 Å². The molecule has 0 aliphatic heterocycles. The summed E-state index contributed by atoms with van der Waals surface area (Å²) in [6.07, 6.45) is 5.34. The van der Waals surface area contributed by atoms with E-state index < -0.39 is 0 Å². The molecule has 1 fully saturated rings. The van der Waals surface area contributed by atoms with E-state index in [4.69, 9.17) is 4.74 Å². The number of hydrogen-bond donors (Lipinski definition) is 0. The maximum absolute atomic E-state index is 5.38. The van der Waals surface area contributed by atoms with Crippen molar-refractivity contribution in [2.45, 2.75) is 50.8 Å². The van der Waals surface area contributed by atoms with Gasteiger partial charge < -0.3 is 4.74 Å². The molecular weight excluding hydrogens is 219 g/mol. The predicted octanol–water partition coefficient (Wildman–Crippen LogP) is 3.58. The molecule has 2 heteroatoms. The highest BCUT2D eigenvalue weighted by molar-refractivity contribution is 6.11. The lowest BCUT2D eigenvalue weighted by Gasteiger charge is -2.32. The summed E-state index contributed by atoms with van der Waals surface area (Å²) in [4.78, 5) is 0. The maximum atomic E-state index is 5.38. The van der Waals surface area contributed by atoms with Crippen LogP contribution in [0, 0.1) is 5.92 Å². The van der Waals surface area contributed by atoms with Crippen molar-refractivity contribution in [3.8, 4) is 5.75 Å². The van der Waals surface area contributed by atoms with Gasteiger partial charge in [-0.1, -0.05) is 44.6 Å². The first-order valence-electron chi connectivity index (χ1n) is 7.18. The van der Waals surface area contributed by atoms with Gasteiger partial charge in [-0.05, 0) is 41.9 Å².